The summed E-state index contributed by atoms with van der Waals surface area (Å²) in [6.07, 6.45) is 0.646. The zero-order chi connectivity index (χ0) is 64.8. The molecular formula is C51H35N3. The Balaban J connectivity index is 1.26. The fourth-order valence-corrected chi connectivity index (χ4v) is 5.07. The topological polar surface area (TPSA) is 38.7 Å². The van der Waals surface area contributed by atoms with Crippen molar-refractivity contribution in [3.8, 4) is 45.3 Å². The van der Waals surface area contributed by atoms with E-state index >= 15 is 0 Å². The van der Waals surface area contributed by atoms with Gasteiger partial charge in [0.05, 0.1) is 45.2 Å². The lowest BCUT2D eigenvalue weighted by atomic mass is 9.93. The first-order valence-corrected chi connectivity index (χ1v) is 15.5. The molecule has 0 aliphatic rings. The van der Waals surface area contributed by atoms with E-state index in [0.29, 0.717) is 12.6 Å². The molecule has 254 valence electrons. The molecule has 54 heavy (non-hydrogen) atoms. The maximum absolute atomic E-state index is 9.37. The van der Waals surface area contributed by atoms with Crippen LogP contribution in [0.2, 0.25) is 0 Å². The van der Waals surface area contributed by atoms with Crippen LogP contribution in [0, 0.1) is 0 Å². The van der Waals surface area contributed by atoms with Crippen LogP contribution in [-0.4, -0.2) is 15.0 Å². The summed E-state index contributed by atoms with van der Waals surface area (Å²) in [4.78, 5) is 12.6. The summed E-state index contributed by atoms with van der Waals surface area (Å²) < 4.78 is 288. The van der Waals surface area contributed by atoms with E-state index in [-0.39, 0.29) is 0 Å². The largest absolute Gasteiger partial charge is 0.208 e. The van der Waals surface area contributed by atoms with Gasteiger partial charge in [-0.15, -0.1) is 0 Å². The lowest BCUT2D eigenvalue weighted by molar-refractivity contribution is 1.07. The Morgan fingerprint density at radius 2 is 0.870 bits per heavy atom. The average Bonchev–Trinajstić information content (AvgIpc) is 0.704. The highest BCUT2D eigenvalue weighted by molar-refractivity contribution is 6.25. The second kappa shape index (κ2) is 14.4. The van der Waals surface area contributed by atoms with E-state index in [9.17, 15) is 4.11 Å². The molecule has 0 bridgehead atoms. The fraction of sp³-hybridized carbons (Fsp3) is 0. The molecular weight excluding hydrogens is 655 g/mol. The third-order valence-electron chi connectivity index (χ3n) is 7.52. The van der Waals surface area contributed by atoms with Gasteiger partial charge >= 0.3 is 0 Å². The second-order valence-electron chi connectivity index (χ2n) is 10.8. The number of hydrogen-bond acceptors (Lipinski definition) is 3. The summed E-state index contributed by atoms with van der Waals surface area (Å²) >= 11 is 0. The molecule has 3 heteroatoms. The van der Waals surface area contributed by atoms with Gasteiger partial charge in [0, 0.05) is 16.7 Å². The highest BCUT2D eigenvalue weighted by Gasteiger charge is 2.13. The monoisotopic (exact) mass is 722 g/mol. The minimum Gasteiger partial charge on any atom is -0.208 e. The fourth-order valence-electron chi connectivity index (χ4n) is 5.07. The van der Waals surface area contributed by atoms with Gasteiger partial charge in [0.25, 0.3) is 0 Å². The number of hydrogen-bond donors (Lipinski definition) is 0. The summed E-state index contributed by atoms with van der Waals surface area (Å²) in [7, 11) is 0. The van der Waals surface area contributed by atoms with Crippen molar-refractivity contribution in [2.45, 2.75) is 0 Å². The predicted molar refractivity (Wildman–Crippen MR) is 228 cm³/mol. The lowest BCUT2D eigenvalue weighted by Crippen LogP contribution is -2.00. The first-order valence-electron chi connectivity index (χ1n) is 32.0. The van der Waals surface area contributed by atoms with Gasteiger partial charge in [-0.25, -0.2) is 15.0 Å². The number of fused-ring (bicyclic) bond motifs is 6. The van der Waals surface area contributed by atoms with Crippen LogP contribution in [-0.2, 0) is 0 Å². The first kappa shape index (κ1) is 12.7. The summed E-state index contributed by atoms with van der Waals surface area (Å²) in [5.74, 6) is -2.74. The molecule has 1 heterocycles. The number of benzene rings is 8. The molecule has 0 saturated carbocycles. The van der Waals surface area contributed by atoms with E-state index < -0.39 is 288 Å². The van der Waals surface area contributed by atoms with Crippen molar-refractivity contribution in [2.24, 2.45) is 0 Å². The van der Waals surface area contributed by atoms with E-state index in [1.54, 1.807) is 0 Å². The quantitative estimate of drug-likeness (QED) is 0.116. The molecule has 0 fully saturated rings. The average molecular weight is 723 g/mol. The molecule has 8 aromatic carbocycles. The molecule has 0 aliphatic heterocycles. The Kier molecular flexibility index (Phi) is 3.40. The highest BCUT2D eigenvalue weighted by Crippen LogP contribution is 2.35. The molecule has 9 rings (SSSR count). The van der Waals surface area contributed by atoms with Crippen LogP contribution in [0.15, 0.2) is 200 Å². The van der Waals surface area contributed by atoms with Crippen molar-refractivity contribution in [2.75, 3.05) is 0 Å². The van der Waals surface area contributed by atoms with Crippen LogP contribution in [0.25, 0.3) is 89.3 Å². The van der Waals surface area contributed by atoms with Crippen molar-refractivity contribution in [1.29, 1.82) is 0 Å². The second-order valence-corrected chi connectivity index (χ2v) is 10.8. The summed E-state index contributed by atoms with van der Waals surface area (Å²) in [6, 6.07) is -29.9. The van der Waals surface area contributed by atoms with Crippen molar-refractivity contribution in [3.05, 3.63) is 211 Å². The van der Waals surface area contributed by atoms with Crippen LogP contribution in [0.3, 0.4) is 0 Å². The minimum atomic E-state index is -1.18. The van der Waals surface area contributed by atoms with E-state index in [1.807, 2.05) is 0 Å². The van der Waals surface area contributed by atoms with Gasteiger partial charge in [0.2, 0.25) is 0 Å². The molecule has 3 nitrogen and oxygen atoms in total. The molecule has 0 N–H and O–H groups in total. The van der Waals surface area contributed by atoms with Crippen LogP contribution < -0.4 is 0 Å². The number of rotatable bonds is 8. The summed E-state index contributed by atoms with van der Waals surface area (Å²) in [5, 5.41) is -2.85. The van der Waals surface area contributed by atoms with Crippen LogP contribution >= 0.6 is 0 Å². The van der Waals surface area contributed by atoms with Crippen molar-refractivity contribution in [3.63, 3.8) is 0 Å². The molecule has 0 amide bonds. The zero-order valence-corrected chi connectivity index (χ0v) is 27.0. The molecule has 1 aromatic heterocycles. The minimum absolute atomic E-state index is 0.332. The normalized spacial score (nSPS) is 21.1. The third kappa shape index (κ3) is 6.51. The van der Waals surface area contributed by atoms with E-state index in [0.717, 1.165) is 0 Å². The summed E-state index contributed by atoms with van der Waals surface area (Å²) in [6.45, 7) is 0.332. The van der Waals surface area contributed by atoms with E-state index in [2.05, 4.69) is 15.0 Å². The van der Waals surface area contributed by atoms with Gasteiger partial charge in [-0.1, -0.05) is 200 Å². The van der Waals surface area contributed by atoms with Crippen molar-refractivity contribution >= 4 is 44.0 Å². The van der Waals surface area contributed by atoms with E-state index in [4.69, 9.17) is 41.1 Å². The molecule has 0 unspecified atom stereocenters. The molecule has 0 aliphatic carbocycles. The van der Waals surface area contributed by atoms with Crippen molar-refractivity contribution in [1.82, 2.24) is 15.0 Å². The standard InChI is InChI=1S/C51H35N3/c1-35(14-8-9-15-36-24-33-47-45-22-11-10-20-43(45)44-21-12-13-23-46(44)48(47)34-36)37-25-29-41(30-26-37)50-52-49(40-18-6-3-7-19-40)53-51(54-50)42-31-27-39(28-32-42)38-16-4-2-5-17-38/h2-34H,1H2/b14-8-,15-9+/i1D,2D,3D,4D,5D,6D,7D,8D,9D,10D,11D,12D,13D,14D,16D,17D,18D,19D,20D,21D,22D,23D,24D,25D,26D,27D,28D,29D,30D,31D,32D,33D,34D/b14-8-,15-9+,35-1?. The van der Waals surface area contributed by atoms with Crippen molar-refractivity contribution < 1.29 is 45.2 Å². The van der Waals surface area contributed by atoms with Crippen LogP contribution in [0.4, 0.5) is 0 Å². The Morgan fingerprint density at radius 3 is 1.43 bits per heavy atom. The molecule has 9 aromatic rings. The maximum atomic E-state index is 9.37. The molecule has 0 saturated heterocycles. The van der Waals surface area contributed by atoms with E-state index in [1.165, 1.54) is 0 Å². The highest BCUT2D eigenvalue weighted by atomic mass is 15.0. The summed E-state index contributed by atoms with van der Waals surface area (Å²) in [5.41, 5.74) is -6.44. The van der Waals surface area contributed by atoms with Crippen LogP contribution in [0.1, 0.15) is 56.4 Å². The molecule has 0 atom stereocenters. The number of aromatic nitrogens is 3. The van der Waals surface area contributed by atoms with Gasteiger partial charge in [-0.05, 0) is 66.2 Å². The Labute approximate surface area is 361 Å². The molecule has 0 spiro atoms. The predicted octanol–water partition coefficient (Wildman–Crippen LogP) is 13.3. The number of allylic oxidation sites excluding steroid dienone is 4. The number of nitrogens with zero attached hydrogens (tertiary/aromatic N) is 3. The lowest BCUT2D eigenvalue weighted by Gasteiger charge is -2.10. The molecule has 0 radical (unpaired) electrons. The Bertz CT molecular complexity index is 4620. The SMILES string of the molecule is [2H]C=C(/C([2H])=C([2H])\C([2H])=C\c1c([2H])c([2H])c2c3c([2H])c([2H])c([2H])c([2H])c3c3c([2H])c([2H])c([2H])c([2H])c3c2c1[2H])c1c([2H])c([2H])c(-c2nc(-c3c([2H])c([2H])c([2H])c([2H])c3[2H])nc(-c3c([2H])c([2H])c(-c4c([2H])c([2H])c([2H])c([2H])c4[2H])c([2H])c3[2H])n2)c([2H])c1[2H]. The Hall–Kier alpha value is -7.23. The first-order chi connectivity index (χ1) is 40.5. The zero-order valence-electron chi connectivity index (χ0n) is 60.0. The van der Waals surface area contributed by atoms with Gasteiger partial charge in [-0.3, -0.25) is 0 Å². The maximum Gasteiger partial charge on any atom is 0.164 e. The van der Waals surface area contributed by atoms with Gasteiger partial charge in [-0.2, -0.15) is 0 Å². The van der Waals surface area contributed by atoms with Crippen LogP contribution in [0.5, 0.6) is 0 Å². The smallest absolute Gasteiger partial charge is 0.164 e. The third-order valence-corrected chi connectivity index (χ3v) is 7.52. The van der Waals surface area contributed by atoms with Gasteiger partial charge in [0.1, 0.15) is 0 Å². The van der Waals surface area contributed by atoms with Gasteiger partial charge in [0.15, 0.2) is 17.5 Å². The Morgan fingerprint density at radius 1 is 0.444 bits per heavy atom. The van der Waals surface area contributed by atoms with Gasteiger partial charge < -0.3 is 0 Å².